The topological polar surface area (TPSA) is 79.0 Å². The van der Waals surface area contributed by atoms with Gasteiger partial charge in [0.2, 0.25) is 10.0 Å². The molecule has 2 amide bonds. The van der Waals surface area contributed by atoms with Crippen LogP contribution in [0.5, 0.6) is 5.75 Å². The van der Waals surface area contributed by atoms with Gasteiger partial charge >= 0.3 is 6.03 Å². The Hall–Kier alpha value is -1.80. The molecule has 1 fully saturated rings. The Morgan fingerprint density at radius 1 is 1.16 bits per heavy atom. The van der Waals surface area contributed by atoms with Gasteiger partial charge in [0.1, 0.15) is 10.6 Å². The van der Waals surface area contributed by atoms with E-state index in [0.717, 1.165) is 5.56 Å². The van der Waals surface area contributed by atoms with Crippen LogP contribution in [0.15, 0.2) is 17.0 Å². The van der Waals surface area contributed by atoms with Crippen molar-refractivity contribution in [1.29, 1.82) is 0 Å². The summed E-state index contributed by atoms with van der Waals surface area (Å²) in [4.78, 5) is 13.9. The number of nitrogens with zero attached hydrogens (tertiary/aromatic N) is 2. The summed E-state index contributed by atoms with van der Waals surface area (Å²) >= 11 is 0. The molecule has 25 heavy (non-hydrogen) atoms. The molecule has 0 spiro atoms. The number of piperazine rings is 1. The van der Waals surface area contributed by atoms with E-state index in [-0.39, 0.29) is 30.1 Å². The van der Waals surface area contributed by atoms with Gasteiger partial charge in [-0.2, -0.15) is 4.31 Å². The number of benzene rings is 1. The Balaban J connectivity index is 2.19. The standard InChI is InChI=1S/C17H27N3O4S/c1-12(2)18-17(21)19-6-8-20(9-7-19)25(22,23)16-14(4)10-13(3)11-15(16)24-5/h10-12H,6-9H2,1-5H3,(H,18,21). The van der Waals surface area contributed by atoms with Crippen LogP contribution in [0.25, 0.3) is 0 Å². The maximum atomic E-state index is 13.1. The van der Waals surface area contributed by atoms with Gasteiger partial charge in [-0.05, 0) is 44.9 Å². The molecule has 140 valence electrons. The molecule has 8 heteroatoms. The van der Waals surface area contributed by atoms with Crippen molar-refractivity contribution in [2.75, 3.05) is 33.3 Å². The lowest BCUT2D eigenvalue weighted by Gasteiger charge is -2.34. The lowest BCUT2D eigenvalue weighted by Crippen LogP contribution is -2.54. The first-order valence-corrected chi connectivity index (χ1v) is 9.81. The van der Waals surface area contributed by atoms with Gasteiger partial charge in [0.05, 0.1) is 7.11 Å². The largest absolute Gasteiger partial charge is 0.495 e. The van der Waals surface area contributed by atoms with Crippen LogP contribution < -0.4 is 10.1 Å². The van der Waals surface area contributed by atoms with Crippen molar-refractivity contribution in [3.05, 3.63) is 23.3 Å². The summed E-state index contributed by atoms with van der Waals surface area (Å²) in [6, 6.07) is 3.46. The fraction of sp³-hybridized carbons (Fsp3) is 0.588. The maximum Gasteiger partial charge on any atom is 0.317 e. The molecule has 1 N–H and O–H groups in total. The molecule has 1 saturated heterocycles. The number of carbonyl (C=O) groups excluding carboxylic acids is 1. The molecule has 0 aromatic heterocycles. The van der Waals surface area contributed by atoms with Gasteiger partial charge in [-0.1, -0.05) is 6.07 Å². The first kappa shape index (κ1) is 19.5. The maximum absolute atomic E-state index is 13.1. The number of aryl methyl sites for hydroxylation is 2. The minimum absolute atomic E-state index is 0.0498. The molecule has 0 aliphatic carbocycles. The van der Waals surface area contributed by atoms with Crippen molar-refractivity contribution < 1.29 is 17.9 Å². The van der Waals surface area contributed by atoms with Crippen LogP contribution in [0.3, 0.4) is 0 Å². The summed E-state index contributed by atoms with van der Waals surface area (Å²) in [5.74, 6) is 0.359. The molecule has 0 atom stereocenters. The second kappa shape index (κ2) is 7.61. The van der Waals surface area contributed by atoms with Crippen LogP contribution in [0, 0.1) is 13.8 Å². The number of amides is 2. The smallest absolute Gasteiger partial charge is 0.317 e. The number of urea groups is 1. The van der Waals surface area contributed by atoms with Crippen LogP contribution in [0.2, 0.25) is 0 Å². The van der Waals surface area contributed by atoms with Crippen molar-refractivity contribution >= 4 is 16.1 Å². The van der Waals surface area contributed by atoms with Crippen LogP contribution >= 0.6 is 0 Å². The van der Waals surface area contributed by atoms with E-state index in [1.165, 1.54) is 11.4 Å². The Labute approximate surface area is 150 Å². The first-order valence-electron chi connectivity index (χ1n) is 8.37. The summed E-state index contributed by atoms with van der Waals surface area (Å²) in [5, 5.41) is 2.83. The lowest BCUT2D eigenvalue weighted by atomic mass is 10.1. The normalized spacial score (nSPS) is 16.2. The highest BCUT2D eigenvalue weighted by Gasteiger charge is 2.33. The fourth-order valence-corrected chi connectivity index (χ4v) is 4.76. The zero-order chi connectivity index (χ0) is 18.8. The Bertz CT molecular complexity index is 739. The number of methoxy groups -OCH3 is 1. The molecule has 0 bridgehead atoms. The monoisotopic (exact) mass is 369 g/mol. The van der Waals surface area contributed by atoms with Crippen LogP contribution in [-0.4, -0.2) is 63.0 Å². The molecule has 1 aromatic rings. The van der Waals surface area contributed by atoms with Gasteiger partial charge in [0.15, 0.2) is 0 Å². The Morgan fingerprint density at radius 2 is 1.76 bits per heavy atom. The highest BCUT2D eigenvalue weighted by molar-refractivity contribution is 7.89. The van der Waals surface area contributed by atoms with Gasteiger partial charge in [-0.25, -0.2) is 13.2 Å². The number of sulfonamides is 1. The molecule has 1 heterocycles. The summed E-state index contributed by atoms with van der Waals surface area (Å²) in [7, 11) is -2.20. The van der Waals surface area contributed by atoms with E-state index in [1.54, 1.807) is 17.9 Å². The van der Waals surface area contributed by atoms with Gasteiger partial charge in [0.25, 0.3) is 0 Å². The summed E-state index contributed by atoms with van der Waals surface area (Å²) in [5.41, 5.74) is 1.61. The third kappa shape index (κ3) is 4.24. The number of nitrogens with one attached hydrogen (secondary N) is 1. The second-order valence-electron chi connectivity index (χ2n) is 6.61. The number of carbonyl (C=O) groups is 1. The lowest BCUT2D eigenvalue weighted by molar-refractivity contribution is 0.170. The molecule has 2 rings (SSSR count). The van der Waals surface area contributed by atoms with Crippen molar-refractivity contribution in [1.82, 2.24) is 14.5 Å². The summed E-state index contributed by atoms with van der Waals surface area (Å²) < 4.78 is 32.9. The Kier molecular flexibility index (Phi) is 5.95. The zero-order valence-electron chi connectivity index (χ0n) is 15.5. The predicted octanol–water partition coefficient (Wildman–Crippen LogP) is 1.74. The second-order valence-corrected chi connectivity index (χ2v) is 8.48. The third-order valence-electron chi connectivity index (χ3n) is 4.14. The molecular weight excluding hydrogens is 342 g/mol. The average molecular weight is 369 g/mol. The summed E-state index contributed by atoms with van der Waals surface area (Å²) in [6.07, 6.45) is 0. The van der Waals surface area contributed by atoms with Crippen LogP contribution in [0.4, 0.5) is 4.79 Å². The highest BCUT2D eigenvalue weighted by Crippen LogP contribution is 2.31. The highest BCUT2D eigenvalue weighted by atomic mass is 32.2. The molecule has 7 nitrogen and oxygen atoms in total. The van der Waals surface area contributed by atoms with E-state index in [0.29, 0.717) is 24.4 Å². The van der Waals surface area contributed by atoms with E-state index >= 15 is 0 Å². The van der Waals surface area contributed by atoms with Crippen LogP contribution in [-0.2, 0) is 10.0 Å². The van der Waals surface area contributed by atoms with Gasteiger partial charge in [0, 0.05) is 32.2 Å². The van der Waals surface area contributed by atoms with Crippen molar-refractivity contribution in [3.8, 4) is 5.75 Å². The van der Waals surface area contributed by atoms with Gasteiger partial charge in [-0.15, -0.1) is 0 Å². The van der Waals surface area contributed by atoms with Crippen molar-refractivity contribution in [3.63, 3.8) is 0 Å². The minimum atomic E-state index is -3.67. The number of ether oxygens (including phenoxy) is 1. The van der Waals surface area contributed by atoms with E-state index in [2.05, 4.69) is 5.32 Å². The number of hydrogen-bond acceptors (Lipinski definition) is 4. The van der Waals surface area contributed by atoms with E-state index in [1.807, 2.05) is 26.8 Å². The first-order chi connectivity index (χ1) is 11.7. The Morgan fingerprint density at radius 3 is 2.28 bits per heavy atom. The van der Waals surface area contributed by atoms with Gasteiger partial charge in [-0.3, -0.25) is 0 Å². The van der Waals surface area contributed by atoms with E-state index < -0.39 is 10.0 Å². The predicted molar refractivity (Wildman–Crippen MR) is 96.5 cm³/mol. The number of rotatable bonds is 4. The van der Waals surface area contributed by atoms with E-state index in [9.17, 15) is 13.2 Å². The molecule has 0 radical (unpaired) electrons. The molecule has 1 aliphatic rings. The molecule has 1 aliphatic heterocycles. The SMILES string of the molecule is COc1cc(C)cc(C)c1S(=O)(=O)N1CCN(C(=O)NC(C)C)CC1. The average Bonchev–Trinajstić information content (AvgIpc) is 2.53. The molecule has 1 aromatic carbocycles. The van der Waals surface area contributed by atoms with Crippen molar-refractivity contribution in [2.45, 2.75) is 38.6 Å². The molecule has 0 saturated carbocycles. The van der Waals surface area contributed by atoms with Gasteiger partial charge < -0.3 is 15.0 Å². The van der Waals surface area contributed by atoms with Crippen LogP contribution in [0.1, 0.15) is 25.0 Å². The zero-order valence-corrected chi connectivity index (χ0v) is 16.3. The van der Waals surface area contributed by atoms with E-state index in [4.69, 9.17) is 4.74 Å². The fourth-order valence-electron chi connectivity index (χ4n) is 3.00. The quantitative estimate of drug-likeness (QED) is 0.877. The number of hydrogen-bond donors (Lipinski definition) is 1. The minimum Gasteiger partial charge on any atom is -0.495 e. The van der Waals surface area contributed by atoms with Crippen molar-refractivity contribution in [2.24, 2.45) is 0 Å². The summed E-state index contributed by atoms with van der Waals surface area (Å²) in [6.45, 7) is 8.73. The molecule has 0 unspecified atom stereocenters. The third-order valence-corrected chi connectivity index (χ3v) is 6.22. The molecular formula is C17H27N3O4S.